The first-order valence-electron chi connectivity index (χ1n) is 6.93. The van der Waals surface area contributed by atoms with Crippen LogP contribution in [0.15, 0.2) is 48.5 Å². The lowest BCUT2D eigenvalue weighted by molar-refractivity contribution is 0.577. The second-order valence-electron chi connectivity index (χ2n) is 4.87. The lowest BCUT2D eigenvalue weighted by atomic mass is 10.1. The number of rotatable bonds is 7. The van der Waals surface area contributed by atoms with Crippen LogP contribution in [0.2, 0.25) is 0 Å². The van der Waals surface area contributed by atoms with Gasteiger partial charge in [0.1, 0.15) is 11.6 Å². The van der Waals surface area contributed by atoms with E-state index in [1.165, 1.54) is 17.7 Å². The van der Waals surface area contributed by atoms with Crippen molar-refractivity contribution < 1.29 is 8.78 Å². The molecule has 0 radical (unpaired) electrons. The highest BCUT2D eigenvalue weighted by Gasteiger charge is 2.00. The van der Waals surface area contributed by atoms with E-state index in [1.807, 2.05) is 18.2 Å². The normalized spacial score (nSPS) is 10.7. The van der Waals surface area contributed by atoms with Crippen LogP contribution in [-0.4, -0.2) is 13.1 Å². The van der Waals surface area contributed by atoms with E-state index in [2.05, 4.69) is 17.4 Å². The van der Waals surface area contributed by atoms with Crippen molar-refractivity contribution in [1.82, 2.24) is 5.32 Å². The summed E-state index contributed by atoms with van der Waals surface area (Å²) in [6.45, 7) is 1.64. The first-order chi connectivity index (χ1) is 9.74. The van der Waals surface area contributed by atoms with E-state index < -0.39 is 11.6 Å². The summed E-state index contributed by atoms with van der Waals surface area (Å²) in [4.78, 5) is 0. The molecule has 0 heterocycles. The summed E-state index contributed by atoms with van der Waals surface area (Å²) in [7, 11) is 0. The Morgan fingerprint density at radius 1 is 0.750 bits per heavy atom. The Balaban J connectivity index is 1.62. The molecule has 0 bridgehead atoms. The molecule has 2 aromatic rings. The zero-order valence-corrected chi connectivity index (χ0v) is 11.4. The van der Waals surface area contributed by atoms with Gasteiger partial charge in [-0.1, -0.05) is 30.3 Å². The molecule has 0 aliphatic carbocycles. The maximum atomic E-state index is 13.0. The van der Waals surface area contributed by atoms with Gasteiger partial charge < -0.3 is 5.32 Å². The molecule has 0 fully saturated rings. The van der Waals surface area contributed by atoms with Gasteiger partial charge in [0.25, 0.3) is 0 Å². The number of halogens is 2. The first kappa shape index (κ1) is 14.7. The molecular weight excluding hydrogens is 256 g/mol. The van der Waals surface area contributed by atoms with Crippen LogP contribution < -0.4 is 5.32 Å². The molecule has 0 aliphatic rings. The predicted octanol–water partition coefficient (Wildman–Crippen LogP) is 3.73. The van der Waals surface area contributed by atoms with Crippen LogP contribution in [-0.2, 0) is 12.8 Å². The highest BCUT2D eigenvalue weighted by atomic mass is 19.1. The van der Waals surface area contributed by atoms with Gasteiger partial charge in [0.2, 0.25) is 0 Å². The summed E-state index contributed by atoms with van der Waals surface area (Å²) < 4.78 is 26.0. The molecule has 0 atom stereocenters. The van der Waals surface area contributed by atoms with Gasteiger partial charge in [-0.3, -0.25) is 0 Å². The Morgan fingerprint density at radius 2 is 1.45 bits per heavy atom. The number of hydrogen-bond donors (Lipinski definition) is 1. The topological polar surface area (TPSA) is 12.0 Å². The van der Waals surface area contributed by atoms with E-state index in [-0.39, 0.29) is 0 Å². The third-order valence-corrected chi connectivity index (χ3v) is 3.17. The summed E-state index contributed by atoms with van der Waals surface area (Å²) in [6, 6.07) is 14.0. The Labute approximate surface area is 118 Å². The largest absolute Gasteiger partial charge is 0.316 e. The number of hydrogen-bond acceptors (Lipinski definition) is 1. The van der Waals surface area contributed by atoms with Crippen molar-refractivity contribution in [2.75, 3.05) is 13.1 Å². The Morgan fingerprint density at radius 3 is 2.15 bits per heavy atom. The van der Waals surface area contributed by atoms with Crippen molar-refractivity contribution in [1.29, 1.82) is 0 Å². The second-order valence-corrected chi connectivity index (χ2v) is 4.87. The van der Waals surface area contributed by atoms with Gasteiger partial charge in [0.05, 0.1) is 0 Å². The zero-order chi connectivity index (χ0) is 14.2. The fourth-order valence-electron chi connectivity index (χ4n) is 2.18. The minimum atomic E-state index is -0.510. The first-order valence-corrected chi connectivity index (χ1v) is 6.93. The molecule has 0 saturated heterocycles. The molecule has 2 rings (SSSR count). The van der Waals surface area contributed by atoms with E-state index in [4.69, 9.17) is 0 Å². The van der Waals surface area contributed by atoms with Crippen molar-refractivity contribution in [2.24, 2.45) is 0 Å². The molecule has 1 N–H and O–H groups in total. The third-order valence-electron chi connectivity index (χ3n) is 3.17. The van der Waals surface area contributed by atoms with E-state index >= 15 is 0 Å². The monoisotopic (exact) mass is 275 g/mol. The SMILES string of the molecule is Fc1cc(F)cc(CCNCCCc2ccccc2)c1. The van der Waals surface area contributed by atoms with Crippen molar-refractivity contribution >= 4 is 0 Å². The highest BCUT2D eigenvalue weighted by molar-refractivity contribution is 5.18. The molecule has 1 nitrogen and oxygen atoms in total. The number of benzene rings is 2. The molecule has 0 aliphatic heterocycles. The molecule has 106 valence electrons. The quantitative estimate of drug-likeness (QED) is 0.759. The minimum absolute atomic E-state index is 0.510. The van der Waals surface area contributed by atoms with Gasteiger partial charge in [0, 0.05) is 6.07 Å². The Kier molecular flexibility index (Phi) is 5.69. The van der Waals surface area contributed by atoms with Crippen LogP contribution in [0, 0.1) is 11.6 Å². The maximum absolute atomic E-state index is 13.0. The van der Waals surface area contributed by atoms with Gasteiger partial charge in [0.15, 0.2) is 0 Å². The van der Waals surface area contributed by atoms with Gasteiger partial charge in [-0.15, -0.1) is 0 Å². The smallest absolute Gasteiger partial charge is 0.126 e. The second kappa shape index (κ2) is 7.75. The van der Waals surface area contributed by atoms with Crippen LogP contribution in [0.3, 0.4) is 0 Å². The molecule has 0 unspecified atom stereocenters. The summed E-state index contributed by atoms with van der Waals surface area (Å²) in [5, 5.41) is 3.30. The van der Waals surface area contributed by atoms with Gasteiger partial charge in [-0.05, 0) is 55.6 Å². The van der Waals surface area contributed by atoms with Crippen molar-refractivity contribution in [3.63, 3.8) is 0 Å². The van der Waals surface area contributed by atoms with Crippen LogP contribution in [0.4, 0.5) is 8.78 Å². The van der Waals surface area contributed by atoms with Crippen LogP contribution in [0.5, 0.6) is 0 Å². The Bertz CT molecular complexity index is 506. The molecule has 0 spiro atoms. The summed E-state index contributed by atoms with van der Waals surface area (Å²) in [6.07, 6.45) is 2.74. The number of aryl methyl sites for hydroxylation is 1. The van der Waals surface area contributed by atoms with Gasteiger partial charge in [-0.25, -0.2) is 8.78 Å². The van der Waals surface area contributed by atoms with Crippen LogP contribution >= 0.6 is 0 Å². The lowest BCUT2D eigenvalue weighted by Crippen LogP contribution is -2.19. The fourth-order valence-corrected chi connectivity index (χ4v) is 2.18. The van der Waals surface area contributed by atoms with Gasteiger partial charge in [-0.2, -0.15) is 0 Å². The number of nitrogens with one attached hydrogen (secondary N) is 1. The molecule has 0 amide bonds. The average Bonchev–Trinajstić information content (AvgIpc) is 2.43. The highest BCUT2D eigenvalue weighted by Crippen LogP contribution is 2.08. The average molecular weight is 275 g/mol. The molecule has 0 aromatic heterocycles. The van der Waals surface area contributed by atoms with Crippen LogP contribution in [0.25, 0.3) is 0 Å². The molecule has 3 heteroatoms. The third kappa shape index (κ3) is 5.10. The van der Waals surface area contributed by atoms with E-state index in [1.54, 1.807) is 0 Å². The molecule has 2 aromatic carbocycles. The molecular formula is C17H19F2N. The Hall–Kier alpha value is -1.74. The van der Waals surface area contributed by atoms with Crippen LogP contribution in [0.1, 0.15) is 17.5 Å². The molecule has 0 saturated carbocycles. The standard InChI is InChI=1S/C17H19F2N/c18-16-11-15(12-17(19)13-16)8-10-20-9-4-7-14-5-2-1-3-6-14/h1-3,5-6,11-13,20H,4,7-10H2. The zero-order valence-electron chi connectivity index (χ0n) is 11.4. The summed E-state index contributed by atoms with van der Waals surface area (Å²) in [5.41, 5.74) is 2.03. The fraction of sp³-hybridized carbons (Fsp3) is 0.294. The lowest BCUT2D eigenvalue weighted by Gasteiger charge is -2.06. The minimum Gasteiger partial charge on any atom is -0.316 e. The van der Waals surface area contributed by atoms with Crippen molar-refractivity contribution in [3.05, 3.63) is 71.3 Å². The van der Waals surface area contributed by atoms with E-state index in [9.17, 15) is 8.78 Å². The predicted molar refractivity (Wildman–Crippen MR) is 77.7 cm³/mol. The maximum Gasteiger partial charge on any atom is 0.126 e. The van der Waals surface area contributed by atoms with Gasteiger partial charge >= 0.3 is 0 Å². The van der Waals surface area contributed by atoms with Crippen molar-refractivity contribution in [2.45, 2.75) is 19.3 Å². The van der Waals surface area contributed by atoms with E-state index in [0.717, 1.165) is 32.0 Å². The summed E-state index contributed by atoms with van der Waals surface area (Å²) in [5.74, 6) is -1.02. The molecule has 20 heavy (non-hydrogen) atoms. The van der Waals surface area contributed by atoms with Crippen molar-refractivity contribution in [3.8, 4) is 0 Å². The van der Waals surface area contributed by atoms with E-state index in [0.29, 0.717) is 12.0 Å². The summed E-state index contributed by atoms with van der Waals surface area (Å²) >= 11 is 0.